The quantitative estimate of drug-likeness (QED) is 0.510. The number of ether oxygens (including phenoxy) is 1. The summed E-state index contributed by atoms with van der Waals surface area (Å²) in [7, 11) is 0. The van der Waals surface area contributed by atoms with Crippen LogP contribution in [0, 0.1) is 11.8 Å². The summed E-state index contributed by atoms with van der Waals surface area (Å²) in [5.41, 5.74) is 3.46. The normalized spacial score (nSPS) is 17.8. The van der Waals surface area contributed by atoms with Crippen molar-refractivity contribution in [1.82, 2.24) is 10.6 Å². The smallest absolute Gasteiger partial charge is 0.408 e. The van der Waals surface area contributed by atoms with E-state index in [2.05, 4.69) is 34.9 Å². The SMILES string of the molecule is CC(C)C(C(=O)O)C(C)NC(=O)C1(NC(=O)OCC2c3ccccc3-c3ccccc32)CCCC1. The van der Waals surface area contributed by atoms with E-state index in [9.17, 15) is 19.5 Å². The van der Waals surface area contributed by atoms with Crippen LogP contribution in [0.5, 0.6) is 0 Å². The largest absolute Gasteiger partial charge is 0.481 e. The monoisotopic (exact) mass is 478 g/mol. The van der Waals surface area contributed by atoms with Crippen LogP contribution in [0.1, 0.15) is 63.5 Å². The Kier molecular flexibility index (Phi) is 7.15. The molecule has 2 amide bonds. The molecule has 0 aliphatic heterocycles. The lowest BCUT2D eigenvalue weighted by molar-refractivity contribution is -0.144. The summed E-state index contributed by atoms with van der Waals surface area (Å²) in [5.74, 6) is -2.21. The molecule has 2 atom stereocenters. The van der Waals surface area contributed by atoms with Crippen LogP contribution in [0.4, 0.5) is 4.79 Å². The average molecular weight is 479 g/mol. The molecule has 4 rings (SSSR count). The molecule has 2 aromatic carbocycles. The first-order valence-electron chi connectivity index (χ1n) is 12.4. The van der Waals surface area contributed by atoms with E-state index in [1.165, 1.54) is 0 Å². The van der Waals surface area contributed by atoms with Gasteiger partial charge in [0.2, 0.25) is 5.91 Å². The highest BCUT2D eigenvalue weighted by atomic mass is 16.5. The maximum absolute atomic E-state index is 13.3. The van der Waals surface area contributed by atoms with Gasteiger partial charge in [0, 0.05) is 12.0 Å². The van der Waals surface area contributed by atoms with Gasteiger partial charge in [-0.1, -0.05) is 75.2 Å². The summed E-state index contributed by atoms with van der Waals surface area (Å²) in [6.07, 6.45) is 1.97. The van der Waals surface area contributed by atoms with Crippen LogP contribution in [-0.4, -0.2) is 41.3 Å². The highest BCUT2D eigenvalue weighted by molar-refractivity contribution is 5.91. The Morgan fingerprint density at radius 3 is 2.03 bits per heavy atom. The van der Waals surface area contributed by atoms with Gasteiger partial charge in [-0.2, -0.15) is 0 Å². The van der Waals surface area contributed by atoms with Crippen LogP contribution in [0.25, 0.3) is 11.1 Å². The number of benzene rings is 2. The van der Waals surface area contributed by atoms with Gasteiger partial charge in [0.1, 0.15) is 12.1 Å². The summed E-state index contributed by atoms with van der Waals surface area (Å²) < 4.78 is 5.68. The second kappa shape index (κ2) is 10.1. The van der Waals surface area contributed by atoms with E-state index < -0.39 is 29.6 Å². The Hall–Kier alpha value is -3.35. The third-order valence-corrected chi connectivity index (χ3v) is 7.48. The standard InChI is InChI=1S/C28H34N2O5/c1-17(2)24(25(31)32)18(3)29-26(33)28(14-8-9-15-28)30-27(34)35-16-23-21-12-6-4-10-19(21)20-11-5-7-13-22(20)23/h4-7,10-13,17-18,23-24H,8-9,14-16H2,1-3H3,(H,29,33)(H,30,34)(H,31,32). The fraction of sp³-hybridized carbons (Fsp3) is 0.464. The number of amides is 2. The van der Waals surface area contributed by atoms with Crippen molar-refractivity contribution in [2.75, 3.05) is 6.61 Å². The topological polar surface area (TPSA) is 105 Å². The van der Waals surface area contributed by atoms with Crippen LogP contribution in [-0.2, 0) is 14.3 Å². The zero-order valence-electron chi connectivity index (χ0n) is 20.5. The first-order valence-corrected chi connectivity index (χ1v) is 12.4. The first-order chi connectivity index (χ1) is 16.7. The van der Waals surface area contributed by atoms with Crippen molar-refractivity contribution >= 4 is 18.0 Å². The Bertz CT molecular complexity index is 1060. The van der Waals surface area contributed by atoms with Crippen molar-refractivity contribution in [3.05, 3.63) is 59.7 Å². The minimum atomic E-state index is -1.09. The second-order valence-electron chi connectivity index (χ2n) is 10.1. The maximum Gasteiger partial charge on any atom is 0.408 e. The number of carbonyl (C=O) groups is 3. The van der Waals surface area contributed by atoms with Crippen LogP contribution >= 0.6 is 0 Å². The summed E-state index contributed by atoms with van der Waals surface area (Å²) in [4.78, 5) is 37.9. The highest BCUT2D eigenvalue weighted by Gasteiger charge is 2.44. The number of hydrogen-bond donors (Lipinski definition) is 3. The molecule has 7 nitrogen and oxygen atoms in total. The number of carboxylic acid groups (broad SMARTS) is 1. The van der Waals surface area contributed by atoms with Crippen molar-refractivity contribution < 1.29 is 24.2 Å². The minimum Gasteiger partial charge on any atom is -0.481 e. The van der Waals surface area contributed by atoms with Crippen LogP contribution in [0.15, 0.2) is 48.5 Å². The Balaban J connectivity index is 1.43. The first kappa shape index (κ1) is 24.8. The van der Waals surface area contributed by atoms with Gasteiger partial charge in [0.15, 0.2) is 0 Å². The van der Waals surface area contributed by atoms with Crippen molar-refractivity contribution in [3.63, 3.8) is 0 Å². The predicted molar refractivity (Wildman–Crippen MR) is 133 cm³/mol. The highest BCUT2D eigenvalue weighted by Crippen LogP contribution is 2.44. The van der Waals surface area contributed by atoms with E-state index in [-0.39, 0.29) is 24.3 Å². The molecule has 2 unspecified atom stereocenters. The Morgan fingerprint density at radius 1 is 0.971 bits per heavy atom. The average Bonchev–Trinajstić information content (AvgIpc) is 3.41. The summed E-state index contributed by atoms with van der Waals surface area (Å²) in [6.45, 7) is 5.51. The van der Waals surface area contributed by atoms with E-state index in [0.717, 1.165) is 35.1 Å². The number of nitrogens with one attached hydrogen (secondary N) is 2. The molecular weight excluding hydrogens is 444 g/mol. The molecular formula is C28H34N2O5. The van der Waals surface area contributed by atoms with Gasteiger partial charge in [-0.05, 0) is 47.9 Å². The van der Waals surface area contributed by atoms with Crippen molar-refractivity contribution in [2.45, 2.75) is 64.0 Å². The molecule has 0 radical (unpaired) electrons. The van der Waals surface area contributed by atoms with Crippen molar-refractivity contribution in [3.8, 4) is 11.1 Å². The molecule has 1 saturated carbocycles. The van der Waals surface area contributed by atoms with Gasteiger partial charge < -0.3 is 20.5 Å². The minimum absolute atomic E-state index is 0.0658. The Labute approximate surface area is 206 Å². The van der Waals surface area contributed by atoms with Crippen LogP contribution in [0.3, 0.4) is 0 Å². The summed E-state index contributed by atoms with van der Waals surface area (Å²) in [5, 5.41) is 15.3. The molecule has 0 heterocycles. The molecule has 0 aromatic heterocycles. The molecule has 2 aliphatic rings. The van der Waals surface area contributed by atoms with E-state index in [1.54, 1.807) is 6.92 Å². The number of carbonyl (C=O) groups excluding carboxylic acids is 2. The third kappa shape index (κ3) is 4.90. The van der Waals surface area contributed by atoms with Gasteiger partial charge >= 0.3 is 12.1 Å². The number of hydrogen-bond acceptors (Lipinski definition) is 4. The lowest BCUT2D eigenvalue weighted by atomic mass is 9.88. The number of fused-ring (bicyclic) bond motifs is 3. The number of rotatable bonds is 8. The molecule has 2 aliphatic carbocycles. The molecule has 35 heavy (non-hydrogen) atoms. The fourth-order valence-electron chi connectivity index (χ4n) is 5.73. The summed E-state index contributed by atoms with van der Waals surface area (Å²) in [6, 6.07) is 15.7. The van der Waals surface area contributed by atoms with E-state index in [1.807, 2.05) is 38.1 Å². The molecule has 1 fully saturated rings. The van der Waals surface area contributed by atoms with Gasteiger partial charge in [-0.15, -0.1) is 0 Å². The van der Waals surface area contributed by atoms with E-state index in [4.69, 9.17) is 4.74 Å². The van der Waals surface area contributed by atoms with E-state index >= 15 is 0 Å². The number of alkyl carbamates (subject to hydrolysis) is 1. The number of aliphatic carboxylic acids is 1. The van der Waals surface area contributed by atoms with Crippen molar-refractivity contribution in [1.29, 1.82) is 0 Å². The second-order valence-corrected chi connectivity index (χ2v) is 10.1. The van der Waals surface area contributed by atoms with Gasteiger partial charge in [0.25, 0.3) is 0 Å². The molecule has 0 spiro atoms. The Morgan fingerprint density at radius 2 is 1.51 bits per heavy atom. The number of carboxylic acids is 1. The zero-order valence-corrected chi connectivity index (χ0v) is 20.5. The lowest BCUT2D eigenvalue weighted by Gasteiger charge is -2.32. The fourth-order valence-corrected chi connectivity index (χ4v) is 5.73. The summed E-state index contributed by atoms with van der Waals surface area (Å²) >= 11 is 0. The van der Waals surface area contributed by atoms with Crippen molar-refractivity contribution in [2.24, 2.45) is 11.8 Å². The molecule has 7 heteroatoms. The third-order valence-electron chi connectivity index (χ3n) is 7.48. The van der Waals surface area contributed by atoms with Gasteiger partial charge in [-0.25, -0.2) is 4.79 Å². The zero-order chi connectivity index (χ0) is 25.2. The molecule has 2 aromatic rings. The van der Waals surface area contributed by atoms with Gasteiger partial charge in [0.05, 0.1) is 5.92 Å². The van der Waals surface area contributed by atoms with E-state index in [0.29, 0.717) is 12.8 Å². The van der Waals surface area contributed by atoms with Gasteiger partial charge in [-0.3, -0.25) is 9.59 Å². The molecule has 0 bridgehead atoms. The molecule has 3 N–H and O–H groups in total. The van der Waals surface area contributed by atoms with Crippen LogP contribution < -0.4 is 10.6 Å². The van der Waals surface area contributed by atoms with Crippen LogP contribution in [0.2, 0.25) is 0 Å². The maximum atomic E-state index is 13.3. The lowest BCUT2D eigenvalue weighted by Crippen LogP contribution is -2.60. The molecule has 186 valence electrons. The predicted octanol–water partition coefficient (Wildman–Crippen LogP) is 4.70. The molecule has 0 saturated heterocycles.